The smallest absolute Gasteiger partial charge is 0.232 e. The Morgan fingerprint density at radius 1 is 1.19 bits per heavy atom. The molecule has 1 aromatic rings. The van der Waals surface area contributed by atoms with Crippen LogP contribution in [-0.2, 0) is 0 Å². The van der Waals surface area contributed by atoms with Gasteiger partial charge in [0.25, 0.3) is 0 Å². The number of ether oxygens (including phenoxy) is 1. The van der Waals surface area contributed by atoms with Crippen molar-refractivity contribution in [1.29, 1.82) is 0 Å². The molecule has 0 amide bonds. The average molecular weight is 221 g/mol. The summed E-state index contributed by atoms with van der Waals surface area (Å²) in [5.41, 5.74) is 6.16. The van der Waals surface area contributed by atoms with Gasteiger partial charge in [-0.05, 0) is 12.8 Å². The van der Waals surface area contributed by atoms with Gasteiger partial charge in [-0.1, -0.05) is 25.7 Å². The molecule has 1 aromatic heterocycles. The normalized spacial score (nSPS) is 20.1. The van der Waals surface area contributed by atoms with Crippen LogP contribution in [-0.4, -0.2) is 22.1 Å². The first-order chi connectivity index (χ1) is 7.79. The van der Waals surface area contributed by atoms with E-state index in [1.54, 1.807) is 18.6 Å². The molecule has 2 N–H and O–H groups in total. The number of nitrogens with two attached hydrogens (primary N) is 1. The second kappa shape index (κ2) is 5.25. The van der Waals surface area contributed by atoms with Crippen molar-refractivity contribution in [2.24, 2.45) is 5.73 Å². The highest BCUT2D eigenvalue weighted by atomic mass is 16.5. The van der Waals surface area contributed by atoms with Crippen LogP contribution in [0.4, 0.5) is 0 Å². The molecule has 1 saturated carbocycles. The first kappa shape index (κ1) is 11.3. The van der Waals surface area contributed by atoms with Crippen molar-refractivity contribution >= 4 is 0 Å². The Morgan fingerprint density at radius 3 is 2.56 bits per heavy atom. The quantitative estimate of drug-likeness (QED) is 0.792. The minimum atomic E-state index is -0.173. The molecule has 0 radical (unpaired) electrons. The van der Waals surface area contributed by atoms with E-state index in [9.17, 15) is 0 Å². The van der Waals surface area contributed by atoms with Gasteiger partial charge in [-0.15, -0.1) is 0 Å². The molecule has 0 unspecified atom stereocenters. The standard InChI is InChI=1S/C12H19N3O/c13-12(5-3-1-2-4-6-12)10-16-11-9-14-7-8-15-11/h7-9H,1-6,10,13H2. The van der Waals surface area contributed by atoms with Crippen molar-refractivity contribution in [1.82, 2.24) is 9.97 Å². The van der Waals surface area contributed by atoms with E-state index in [4.69, 9.17) is 10.5 Å². The number of hydrogen-bond acceptors (Lipinski definition) is 4. The summed E-state index contributed by atoms with van der Waals surface area (Å²) in [6.45, 7) is 0.547. The van der Waals surface area contributed by atoms with Crippen molar-refractivity contribution in [3.63, 3.8) is 0 Å². The summed E-state index contributed by atoms with van der Waals surface area (Å²) in [6.07, 6.45) is 12.0. The fourth-order valence-electron chi connectivity index (χ4n) is 2.15. The molecule has 0 saturated heterocycles. The molecule has 2 rings (SSSR count). The van der Waals surface area contributed by atoms with E-state index >= 15 is 0 Å². The van der Waals surface area contributed by atoms with E-state index in [0.29, 0.717) is 12.5 Å². The predicted molar refractivity (Wildman–Crippen MR) is 62.1 cm³/mol. The fourth-order valence-corrected chi connectivity index (χ4v) is 2.15. The molecule has 16 heavy (non-hydrogen) atoms. The fraction of sp³-hybridized carbons (Fsp3) is 0.667. The molecular weight excluding hydrogens is 202 g/mol. The van der Waals surface area contributed by atoms with Crippen LogP contribution in [0.25, 0.3) is 0 Å². The molecule has 0 spiro atoms. The molecule has 1 aliphatic carbocycles. The lowest BCUT2D eigenvalue weighted by molar-refractivity contribution is 0.193. The molecular formula is C12H19N3O. The van der Waals surface area contributed by atoms with Crippen molar-refractivity contribution in [2.75, 3.05) is 6.61 Å². The summed E-state index contributed by atoms with van der Waals surface area (Å²) in [6, 6.07) is 0. The zero-order valence-corrected chi connectivity index (χ0v) is 9.56. The Balaban J connectivity index is 1.88. The van der Waals surface area contributed by atoms with Gasteiger partial charge in [-0.25, -0.2) is 4.98 Å². The monoisotopic (exact) mass is 221 g/mol. The maximum atomic E-state index is 6.33. The Hall–Kier alpha value is -1.16. The number of nitrogens with zero attached hydrogens (tertiary/aromatic N) is 2. The SMILES string of the molecule is NC1(COc2cnccn2)CCCCCC1. The third kappa shape index (κ3) is 3.17. The van der Waals surface area contributed by atoms with Gasteiger partial charge in [0, 0.05) is 12.4 Å². The Kier molecular flexibility index (Phi) is 3.72. The topological polar surface area (TPSA) is 61.0 Å². The number of hydrogen-bond donors (Lipinski definition) is 1. The summed E-state index contributed by atoms with van der Waals surface area (Å²) >= 11 is 0. The highest BCUT2D eigenvalue weighted by Gasteiger charge is 2.27. The zero-order valence-electron chi connectivity index (χ0n) is 9.56. The van der Waals surface area contributed by atoms with Crippen LogP contribution in [0.1, 0.15) is 38.5 Å². The largest absolute Gasteiger partial charge is 0.475 e. The zero-order chi connectivity index (χ0) is 11.3. The van der Waals surface area contributed by atoms with E-state index in [1.165, 1.54) is 25.7 Å². The minimum Gasteiger partial charge on any atom is -0.475 e. The van der Waals surface area contributed by atoms with Crippen molar-refractivity contribution in [2.45, 2.75) is 44.1 Å². The molecule has 1 heterocycles. The molecule has 0 atom stereocenters. The number of aromatic nitrogens is 2. The Labute approximate surface area is 96.2 Å². The summed E-state index contributed by atoms with van der Waals surface area (Å²) in [5.74, 6) is 0.566. The van der Waals surface area contributed by atoms with Gasteiger partial charge in [-0.2, -0.15) is 0 Å². The molecule has 1 fully saturated rings. The van der Waals surface area contributed by atoms with E-state index in [2.05, 4.69) is 9.97 Å². The van der Waals surface area contributed by atoms with E-state index < -0.39 is 0 Å². The third-order valence-electron chi connectivity index (χ3n) is 3.15. The predicted octanol–water partition coefficient (Wildman–Crippen LogP) is 1.91. The van der Waals surface area contributed by atoms with E-state index in [-0.39, 0.29) is 5.54 Å². The van der Waals surface area contributed by atoms with Crippen LogP contribution in [0, 0.1) is 0 Å². The maximum Gasteiger partial charge on any atom is 0.232 e. The highest BCUT2D eigenvalue weighted by molar-refractivity contribution is 5.02. The first-order valence-corrected chi connectivity index (χ1v) is 5.96. The second-order valence-electron chi connectivity index (χ2n) is 4.61. The van der Waals surface area contributed by atoms with Crippen LogP contribution >= 0.6 is 0 Å². The summed E-state index contributed by atoms with van der Waals surface area (Å²) in [5, 5.41) is 0. The maximum absolute atomic E-state index is 6.33. The minimum absolute atomic E-state index is 0.173. The lowest BCUT2D eigenvalue weighted by atomic mass is 9.93. The van der Waals surface area contributed by atoms with Gasteiger partial charge in [0.2, 0.25) is 5.88 Å². The first-order valence-electron chi connectivity index (χ1n) is 5.96. The van der Waals surface area contributed by atoms with E-state index in [0.717, 1.165) is 12.8 Å². The molecule has 88 valence electrons. The summed E-state index contributed by atoms with van der Waals surface area (Å²) < 4.78 is 5.61. The van der Waals surface area contributed by atoms with E-state index in [1.807, 2.05) is 0 Å². The summed E-state index contributed by atoms with van der Waals surface area (Å²) in [7, 11) is 0. The third-order valence-corrected chi connectivity index (χ3v) is 3.15. The number of rotatable bonds is 3. The van der Waals surface area contributed by atoms with Crippen molar-refractivity contribution < 1.29 is 4.74 Å². The van der Waals surface area contributed by atoms with Crippen molar-refractivity contribution in [3.8, 4) is 5.88 Å². The van der Waals surface area contributed by atoms with Crippen LogP contribution < -0.4 is 10.5 Å². The molecule has 0 bridgehead atoms. The van der Waals surface area contributed by atoms with Crippen molar-refractivity contribution in [3.05, 3.63) is 18.6 Å². The van der Waals surface area contributed by atoms with Crippen LogP contribution in [0.2, 0.25) is 0 Å². The van der Waals surface area contributed by atoms with Gasteiger partial charge in [0.1, 0.15) is 6.61 Å². The molecule has 4 heteroatoms. The molecule has 0 aromatic carbocycles. The Morgan fingerprint density at radius 2 is 1.94 bits per heavy atom. The van der Waals surface area contributed by atoms with Gasteiger partial charge < -0.3 is 10.5 Å². The highest BCUT2D eigenvalue weighted by Crippen LogP contribution is 2.25. The van der Waals surface area contributed by atoms with Crippen LogP contribution in [0.5, 0.6) is 5.88 Å². The summed E-state index contributed by atoms with van der Waals surface area (Å²) in [4.78, 5) is 8.04. The van der Waals surface area contributed by atoms with Crippen LogP contribution in [0.15, 0.2) is 18.6 Å². The van der Waals surface area contributed by atoms with Gasteiger partial charge in [0.05, 0.1) is 11.7 Å². The Bertz CT molecular complexity index is 307. The lowest BCUT2D eigenvalue weighted by Gasteiger charge is -2.27. The van der Waals surface area contributed by atoms with Gasteiger partial charge in [0.15, 0.2) is 0 Å². The van der Waals surface area contributed by atoms with Gasteiger partial charge in [-0.3, -0.25) is 4.98 Å². The molecule has 4 nitrogen and oxygen atoms in total. The average Bonchev–Trinajstić information content (AvgIpc) is 2.54. The van der Waals surface area contributed by atoms with Crippen LogP contribution in [0.3, 0.4) is 0 Å². The lowest BCUT2D eigenvalue weighted by Crippen LogP contribution is -2.45. The molecule has 1 aliphatic rings. The van der Waals surface area contributed by atoms with Gasteiger partial charge >= 0.3 is 0 Å². The molecule has 0 aliphatic heterocycles. The second-order valence-corrected chi connectivity index (χ2v) is 4.61.